The summed E-state index contributed by atoms with van der Waals surface area (Å²) in [7, 11) is 0. The number of hydrogen-bond acceptors (Lipinski definition) is 6. The third-order valence-corrected chi connectivity index (χ3v) is 5.97. The minimum Gasteiger partial charge on any atom is -0.349 e. The van der Waals surface area contributed by atoms with Crippen molar-refractivity contribution in [2.45, 2.75) is 18.9 Å². The first kappa shape index (κ1) is 19.5. The topological polar surface area (TPSA) is 88.4 Å². The monoisotopic (exact) mass is 444 g/mol. The molecular weight excluding hydrogens is 426 g/mol. The standard InChI is InChI=1S/C23H18F2N8/c24-15-6-7-18(25)17(12-15)20-5-2-10-32(20)21-9-8-19-23(27-21)33(13-26-19)16-4-1-3-14(11-16)22-28-30-31-29-22/h1,3-4,6-9,11-13,20H,2,5,10H2,(H,28,29,30,31). The Morgan fingerprint density at radius 1 is 1.03 bits per heavy atom. The average molecular weight is 444 g/mol. The van der Waals surface area contributed by atoms with Crippen molar-refractivity contribution >= 4 is 17.0 Å². The van der Waals surface area contributed by atoms with E-state index in [1.807, 2.05) is 45.9 Å². The Bertz CT molecular complexity index is 1450. The Balaban J connectivity index is 1.41. The molecule has 1 aliphatic heterocycles. The lowest BCUT2D eigenvalue weighted by atomic mass is 10.0. The largest absolute Gasteiger partial charge is 0.349 e. The molecule has 0 aliphatic carbocycles. The van der Waals surface area contributed by atoms with Crippen molar-refractivity contribution in [1.29, 1.82) is 0 Å². The number of tetrazole rings is 1. The minimum absolute atomic E-state index is 0.274. The van der Waals surface area contributed by atoms with E-state index in [0.717, 1.165) is 35.7 Å². The summed E-state index contributed by atoms with van der Waals surface area (Å²) >= 11 is 0. The third-order valence-electron chi connectivity index (χ3n) is 5.97. The summed E-state index contributed by atoms with van der Waals surface area (Å²) in [4.78, 5) is 11.4. The van der Waals surface area contributed by atoms with Crippen LogP contribution in [-0.2, 0) is 0 Å². The first-order valence-corrected chi connectivity index (χ1v) is 10.6. The number of nitrogens with one attached hydrogen (secondary N) is 1. The zero-order chi connectivity index (χ0) is 22.4. The second-order valence-corrected chi connectivity index (χ2v) is 7.93. The number of halogens is 2. The van der Waals surface area contributed by atoms with E-state index in [-0.39, 0.29) is 6.04 Å². The molecule has 6 rings (SSSR count). The van der Waals surface area contributed by atoms with Crippen molar-refractivity contribution < 1.29 is 8.78 Å². The van der Waals surface area contributed by atoms with Crippen LogP contribution in [0.2, 0.25) is 0 Å². The van der Waals surface area contributed by atoms with Crippen LogP contribution >= 0.6 is 0 Å². The van der Waals surface area contributed by atoms with Crippen molar-refractivity contribution in [2.24, 2.45) is 0 Å². The molecule has 1 atom stereocenters. The molecular formula is C23H18F2N8. The van der Waals surface area contributed by atoms with Gasteiger partial charge in [-0.15, -0.1) is 10.2 Å². The van der Waals surface area contributed by atoms with Crippen LogP contribution in [-0.4, -0.2) is 41.7 Å². The number of anilines is 1. The highest BCUT2D eigenvalue weighted by Crippen LogP contribution is 2.37. The zero-order valence-electron chi connectivity index (χ0n) is 17.4. The number of benzene rings is 2. The van der Waals surface area contributed by atoms with Gasteiger partial charge in [-0.05, 0) is 60.5 Å². The fourth-order valence-corrected chi connectivity index (χ4v) is 4.45. The number of aromatic nitrogens is 7. The van der Waals surface area contributed by atoms with Crippen molar-refractivity contribution in [3.63, 3.8) is 0 Å². The molecule has 1 unspecified atom stereocenters. The highest BCUT2D eigenvalue weighted by Gasteiger charge is 2.30. The van der Waals surface area contributed by atoms with Gasteiger partial charge in [0.15, 0.2) is 5.65 Å². The Labute approximate surface area is 186 Å². The molecule has 0 bridgehead atoms. The van der Waals surface area contributed by atoms with E-state index in [1.54, 1.807) is 6.33 Å². The molecule has 10 heteroatoms. The van der Waals surface area contributed by atoms with Gasteiger partial charge in [0.2, 0.25) is 5.82 Å². The third kappa shape index (κ3) is 3.39. The van der Waals surface area contributed by atoms with Crippen molar-refractivity contribution in [3.8, 4) is 17.1 Å². The van der Waals surface area contributed by atoms with Crippen molar-refractivity contribution in [1.82, 2.24) is 35.2 Å². The number of rotatable bonds is 4. The number of hydrogen-bond donors (Lipinski definition) is 1. The number of aromatic amines is 1. The molecule has 5 aromatic rings. The van der Waals surface area contributed by atoms with Gasteiger partial charge in [0.25, 0.3) is 0 Å². The number of fused-ring (bicyclic) bond motifs is 1. The molecule has 3 aromatic heterocycles. The van der Waals surface area contributed by atoms with E-state index in [0.29, 0.717) is 29.4 Å². The minimum atomic E-state index is -0.443. The maximum atomic E-state index is 14.5. The lowest BCUT2D eigenvalue weighted by Gasteiger charge is -2.26. The van der Waals surface area contributed by atoms with Crippen LogP contribution in [0.1, 0.15) is 24.4 Å². The molecule has 1 fully saturated rings. The summed E-state index contributed by atoms with van der Waals surface area (Å²) in [5, 5.41) is 14.1. The quantitative estimate of drug-likeness (QED) is 0.447. The van der Waals surface area contributed by atoms with Gasteiger partial charge >= 0.3 is 0 Å². The molecule has 164 valence electrons. The molecule has 4 heterocycles. The van der Waals surface area contributed by atoms with Crippen LogP contribution in [0, 0.1) is 11.6 Å². The molecule has 0 radical (unpaired) electrons. The maximum absolute atomic E-state index is 14.5. The van der Waals surface area contributed by atoms with Gasteiger partial charge in [-0.25, -0.2) is 18.7 Å². The Kier molecular flexibility index (Phi) is 4.56. The van der Waals surface area contributed by atoms with Crippen LogP contribution < -0.4 is 4.90 Å². The smallest absolute Gasteiger partial charge is 0.204 e. The van der Waals surface area contributed by atoms with Crippen LogP contribution in [0.4, 0.5) is 14.6 Å². The molecule has 0 amide bonds. The second kappa shape index (κ2) is 7.73. The van der Waals surface area contributed by atoms with Crippen LogP contribution in [0.5, 0.6) is 0 Å². The summed E-state index contributed by atoms with van der Waals surface area (Å²) in [6.07, 6.45) is 3.31. The number of nitrogens with zero attached hydrogens (tertiary/aromatic N) is 7. The van der Waals surface area contributed by atoms with Crippen LogP contribution in [0.3, 0.4) is 0 Å². The first-order valence-electron chi connectivity index (χ1n) is 10.6. The summed E-state index contributed by atoms with van der Waals surface area (Å²) in [6, 6.07) is 14.8. The number of pyridine rings is 1. The van der Waals surface area contributed by atoms with Gasteiger partial charge in [-0.3, -0.25) is 4.57 Å². The Hall–Kier alpha value is -4.21. The molecule has 1 saturated heterocycles. The lowest BCUT2D eigenvalue weighted by molar-refractivity contribution is 0.560. The van der Waals surface area contributed by atoms with E-state index in [2.05, 4.69) is 25.6 Å². The van der Waals surface area contributed by atoms with E-state index >= 15 is 0 Å². The van der Waals surface area contributed by atoms with Gasteiger partial charge in [0, 0.05) is 23.4 Å². The summed E-state index contributed by atoms with van der Waals surface area (Å²) in [5.41, 5.74) is 3.41. The predicted octanol–water partition coefficient (Wildman–Crippen LogP) is 4.22. The first-order chi connectivity index (χ1) is 16.2. The highest BCUT2D eigenvalue weighted by atomic mass is 19.1. The average Bonchev–Trinajstić information content (AvgIpc) is 3.60. The maximum Gasteiger partial charge on any atom is 0.204 e. The van der Waals surface area contributed by atoms with Gasteiger partial charge in [0.1, 0.15) is 29.3 Å². The molecule has 8 nitrogen and oxygen atoms in total. The number of H-pyrrole nitrogens is 1. The summed E-state index contributed by atoms with van der Waals surface area (Å²) in [6.45, 7) is 0.709. The van der Waals surface area contributed by atoms with Gasteiger partial charge in [-0.1, -0.05) is 12.1 Å². The van der Waals surface area contributed by atoms with E-state index < -0.39 is 11.6 Å². The molecule has 2 aromatic carbocycles. The van der Waals surface area contributed by atoms with Gasteiger partial charge < -0.3 is 4.90 Å². The van der Waals surface area contributed by atoms with E-state index in [9.17, 15) is 8.78 Å². The molecule has 0 saturated carbocycles. The molecule has 1 N–H and O–H groups in total. The van der Waals surface area contributed by atoms with Crippen LogP contribution in [0.15, 0.2) is 60.9 Å². The Morgan fingerprint density at radius 2 is 1.97 bits per heavy atom. The Morgan fingerprint density at radius 3 is 2.85 bits per heavy atom. The second-order valence-electron chi connectivity index (χ2n) is 7.93. The van der Waals surface area contributed by atoms with E-state index in [1.165, 1.54) is 12.1 Å². The zero-order valence-corrected chi connectivity index (χ0v) is 17.4. The fraction of sp³-hybridized carbons (Fsp3) is 0.174. The van der Waals surface area contributed by atoms with E-state index in [4.69, 9.17) is 4.98 Å². The molecule has 1 aliphatic rings. The summed E-state index contributed by atoms with van der Waals surface area (Å²) in [5.74, 6) is 0.343. The summed E-state index contributed by atoms with van der Waals surface area (Å²) < 4.78 is 30.2. The SMILES string of the molecule is Fc1ccc(F)c(C2CCCN2c2ccc3ncn(-c4cccc(-c5nn[nH]n5)c4)c3n2)c1. The number of imidazole rings is 1. The lowest BCUT2D eigenvalue weighted by Crippen LogP contribution is -2.24. The van der Waals surface area contributed by atoms with Gasteiger partial charge in [-0.2, -0.15) is 5.21 Å². The van der Waals surface area contributed by atoms with Gasteiger partial charge in [0.05, 0.1) is 6.04 Å². The normalized spacial score (nSPS) is 16.1. The molecule has 33 heavy (non-hydrogen) atoms. The predicted molar refractivity (Wildman–Crippen MR) is 118 cm³/mol. The van der Waals surface area contributed by atoms with Crippen molar-refractivity contribution in [2.75, 3.05) is 11.4 Å². The van der Waals surface area contributed by atoms with Crippen LogP contribution in [0.25, 0.3) is 28.2 Å². The molecule has 0 spiro atoms. The highest BCUT2D eigenvalue weighted by molar-refractivity contribution is 5.76. The fourth-order valence-electron chi connectivity index (χ4n) is 4.45. The van der Waals surface area contributed by atoms with Crippen molar-refractivity contribution in [3.05, 3.63) is 78.1 Å².